The molecule has 2 heterocycles. The largest absolute Gasteiger partial charge is 0.497 e. The Hall–Kier alpha value is -6.70. The molecule has 9 aromatic rings. The third kappa shape index (κ3) is 5.08. The second-order valence-electron chi connectivity index (χ2n) is 12.9. The zero-order valence-corrected chi connectivity index (χ0v) is 29.7. The van der Waals surface area contributed by atoms with Crippen LogP contribution in [0.25, 0.3) is 55.0 Å². The fourth-order valence-corrected chi connectivity index (χ4v) is 7.91. The molecule has 7 heteroatoms. The molecule has 9 rings (SSSR count). The quantitative estimate of drug-likeness (QED) is 0.163. The zero-order valence-electron chi connectivity index (χ0n) is 29.7. The molecule has 0 unspecified atom stereocenters. The molecule has 0 spiro atoms. The Bertz CT molecular complexity index is 2600. The summed E-state index contributed by atoms with van der Waals surface area (Å²) in [6, 6.07) is 52.1. The highest BCUT2D eigenvalue weighted by Gasteiger charge is 2.27. The number of aromatic nitrogens is 2. The molecule has 0 saturated heterocycles. The normalized spacial score (nSPS) is 11.5. The first kappa shape index (κ1) is 32.2. The maximum atomic E-state index is 10.8. The Morgan fingerprint density at radius 2 is 1.00 bits per heavy atom. The van der Waals surface area contributed by atoms with E-state index in [2.05, 4.69) is 123 Å². The molecule has 0 aliphatic heterocycles. The molecule has 0 bridgehead atoms. The number of rotatable bonds is 9. The summed E-state index contributed by atoms with van der Waals surface area (Å²) < 4.78 is 22.3. The lowest BCUT2D eigenvalue weighted by molar-refractivity contribution is 0.282. The van der Waals surface area contributed by atoms with Gasteiger partial charge >= 0.3 is 0 Å². The summed E-state index contributed by atoms with van der Waals surface area (Å²) in [6.45, 7) is -0.142. The molecular formula is C46H37N3O4. The van der Waals surface area contributed by atoms with Crippen molar-refractivity contribution >= 4 is 60.7 Å². The van der Waals surface area contributed by atoms with Gasteiger partial charge in [0.25, 0.3) is 0 Å². The van der Waals surface area contributed by atoms with Crippen LogP contribution in [-0.2, 0) is 6.61 Å². The first-order valence-electron chi connectivity index (χ1n) is 17.5. The molecule has 53 heavy (non-hydrogen) atoms. The molecule has 0 radical (unpaired) electrons. The molecule has 0 saturated carbocycles. The average Bonchev–Trinajstić information content (AvgIpc) is 3.75. The van der Waals surface area contributed by atoms with Crippen LogP contribution in [-0.4, -0.2) is 35.6 Å². The SMILES string of the molecule is COc1cc(CO)c2c(c1)c1c(N(c3ccccc3)c3cccc4c3c3cc(OC)cc(OC)c3n4-c3ccccc3)cccc1n2-c1ccccc1. The first-order chi connectivity index (χ1) is 26.1. The highest BCUT2D eigenvalue weighted by atomic mass is 16.5. The van der Waals surface area contributed by atoms with Crippen molar-refractivity contribution in [1.29, 1.82) is 0 Å². The van der Waals surface area contributed by atoms with Crippen LogP contribution in [0.15, 0.2) is 152 Å². The summed E-state index contributed by atoms with van der Waals surface area (Å²) in [5.41, 5.74) is 9.69. The van der Waals surface area contributed by atoms with Gasteiger partial charge in [-0.15, -0.1) is 0 Å². The van der Waals surface area contributed by atoms with Gasteiger partial charge in [-0.05, 0) is 78.9 Å². The van der Waals surface area contributed by atoms with E-state index in [0.717, 1.165) is 77.6 Å². The summed E-state index contributed by atoms with van der Waals surface area (Å²) >= 11 is 0. The number of para-hydroxylation sites is 3. The topological polar surface area (TPSA) is 61.0 Å². The maximum absolute atomic E-state index is 10.8. The van der Waals surface area contributed by atoms with Crippen LogP contribution in [0.1, 0.15) is 5.56 Å². The van der Waals surface area contributed by atoms with Crippen molar-refractivity contribution in [2.45, 2.75) is 6.61 Å². The number of benzene rings is 7. The van der Waals surface area contributed by atoms with Gasteiger partial charge in [-0.1, -0.05) is 66.7 Å². The van der Waals surface area contributed by atoms with Crippen molar-refractivity contribution in [2.24, 2.45) is 0 Å². The van der Waals surface area contributed by atoms with E-state index in [1.165, 1.54) is 0 Å². The predicted octanol–water partition coefficient (Wildman–Crippen LogP) is 10.9. The van der Waals surface area contributed by atoms with Crippen LogP contribution in [0.3, 0.4) is 0 Å². The average molecular weight is 696 g/mol. The van der Waals surface area contributed by atoms with E-state index in [9.17, 15) is 5.11 Å². The fourth-order valence-electron chi connectivity index (χ4n) is 7.91. The second-order valence-corrected chi connectivity index (χ2v) is 12.9. The number of fused-ring (bicyclic) bond motifs is 6. The zero-order chi connectivity index (χ0) is 36.1. The van der Waals surface area contributed by atoms with Gasteiger partial charge in [-0.3, -0.25) is 0 Å². The molecular weight excluding hydrogens is 659 g/mol. The molecule has 0 atom stereocenters. The molecule has 0 fully saturated rings. The summed E-state index contributed by atoms with van der Waals surface area (Å²) in [7, 11) is 5.06. The highest BCUT2D eigenvalue weighted by Crippen LogP contribution is 2.50. The van der Waals surface area contributed by atoms with Gasteiger partial charge in [-0.25, -0.2) is 0 Å². The Kier molecular flexibility index (Phi) is 7.98. The van der Waals surface area contributed by atoms with Crippen molar-refractivity contribution < 1.29 is 19.3 Å². The Balaban J connectivity index is 1.46. The van der Waals surface area contributed by atoms with Crippen LogP contribution in [0.2, 0.25) is 0 Å². The van der Waals surface area contributed by atoms with Crippen molar-refractivity contribution in [3.05, 3.63) is 157 Å². The Morgan fingerprint density at radius 3 is 1.51 bits per heavy atom. The van der Waals surface area contributed by atoms with E-state index in [4.69, 9.17) is 14.2 Å². The third-order valence-electron chi connectivity index (χ3n) is 10.1. The van der Waals surface area contributed by atoms with Gasteiger partial charge in [0, 0.05) is 50.2 Å². The minimum Gasteiger partial charge on any atom is -0.497 e. The summed E-state index contributed by atoms with van der Waals surface area (Å²) in [5.74, 6) is 2.11. The van der Waals surface area contributed by atoms with E-state index < -0.39 is 0 Å². The predicted molar refractivity (Wildman–Crippen MR) is 215 cm³/mol. The van der Waals surface area contributed by atoms with Gasteiger partial charge in [0.05, 0.1) is 61.4 Å². The molecule has 0 aliphatic carbocycles. The van der Waals surface area contributed by atoms with Gasteiger partial charge < -0.3 is 33.4 Å². The standard InChI is InChI=1S/C46H37N3O4/c1-51-34-25-30(29-50)45-36(26-34)43-38(21-13-23-40(43)48(45)32-17-9-5-10-18-32)47(31-15-7-4-8-16-31)39-22-14-24-41-44(39)37-27-35(52-2)28-42(53-3)46(37)49(41)33-19-11-6-12-20-33/h4-28,50H,29H2,1-3H3. The smallest absolute Gasteiger partial charge is 0.147 e. The minimum absolute atomic E-state index is 0.142. The number of hydrogen-bond acceptors (Lipinski definition) is 5. The number of anilines is 3. The number of ether oxygens (including phenoxy) is 3. The number of aliphatic hydroxyl groups is 1. The minimum atomic E-state index is -0.142. The summed E-state index contributed by atoms with van der Waals surface area (Å²) in [4.78, 5) is 2.35. The fraction of sp³-hybridized carbons (Fsp3) is 0.0870. The van der Waals surface area contributed by atoms with Crippen LogP contribution < -0.4 is 19.1 Å². The lowest BCUT2D eigenvalue weighted by atomic mass is 10.0. The molecule has 0 amide bonds. The molecule has 1 N–H and O–H groups in total. The van der Waals surface area contributed by atoms with E-state index in [1.807, 2.05) is 42.5 Å². The van der Waals surface area contributed by atoms with Crippen LogP contribution in [0.4, 0.5) is 17.1 Å². The van der Waals surface area contributed by atoms with Gasteiger partial charge in [0.15, 0.2) is 0 Å². The van der Waals surface area contributed by atoms with Crippen LogP contribution in [0.5, 0.6) is 17.2 Å². The summed E-state index contributed by atoms with van der Waals surface area (Å²) in [5, 5.41) is 14.8. The summed E-state index contributed by atoms with van der Waals surface area (Å²) in [6.07, 6.45) is 0. The monoisotopic (exact) mass is 695 g/mol. The van der Waals surface area contributed by atoms with Crippen molar-refractivity contribution in [2.75, 3.05) is 26.2 Å². The number of methoxy groups -OCH3 is 3. The Labute approximate surface area is 307 Å². The lowest BCUT2D eigenvalue weighted by Crippen LogP contribution is -2.11. The molecule has 0 aliphatic rings. The van der Waals surface area contributed by atoms with E-state index in [-0.39, 0.29) is 6.61 Å². The van der Waals surface area contributed by atoms with Crippen LogP contribution in [0, 0.1) is 0 Å². The van der Waals surface area contributed by atoms with Crippen molar-refractivity contribution in [1.82, 2.24) is 9.13 Å². The van der Waals surface area contributed by atoms with Gasteiger partial charge in [0.1, 0.15) is 17.2 Å². The van der Waals surface area contributed by atoms with Crippen molar-refractivity contribution in [3.8, 4) is 28.6 Å². The van der Waals surface area contributed by atoms with Gasteiger partial charge in [-0.2, -0.15) is 0 Å². The van der Waals surface area contributed by atoms with Crippen molar-refractivity contribution in [3.63, 3.8) is 0 Å². The van der Waals surface area contributed by atoms with E-state index in [0.29, 0.717) is 17.2 Å². The van der Waals surface area contributed by atoms with Crippen LogP contribution >= 0.6 is 0 Å². The van der Waals surface area contributed by atoms with Gasteiger partial charge in [0.2, 0.25) is 0 Å². The lowest BCUT2D eigenvalue weighted by Gasteiger charge is -2.27. The maximum Gasteiger partial charge on any atom is 0.147 e. The molecule has 7 nitrogen and oxygen atoms in total. The Morgan fingerprint density at radius 1 is 0.509 bits per heavy atom. The number of nitrogens with zero attached hydrogens (tertiary/aromatic N) is 3. The van der Waals surface area contributed by atoms with E-state index in [1.54, 1.807) is 21.3 Å². The third-order valence-corrected chi connectivity index (χ3v) is 10.1. The highest BCUT2D eigenvalue weighted by molar-refractivity contribution is 6.22. The first-order valence-corrected chi connectivity index (χ1v) is 17.5. The molecule has 260 valence electrons. The number of hydrogen-bond donors (Lipinski definition) is 1. The van der Waals surface area contributed by atoms with E-state index >= 15 is 0 Å². The molecule has 7 aromatic carbocycles. The molecule has 2 aromatic heterocycles. The number of aliphatic hydroxyl groups excluding tert-OH is 1. The second kappa shape index (κ2) is 13.1.